The van der Waals surface area contributed by atoms with Crippen LogP contribution in [-0.2, 0) is 4.74 Å². The van der Waals surface area contributed by atoms with Crippen LogP contribution in [0.5, 0.6) is 0 Å². The maximum Gasteiger partial charge on any atom is 0.195 e. The normalized spacial score (nSPS) is 33.8. The van der Waals surface area contributed by atoms with Gasteiger partial charge < -0.3 is 30.3 Å². The molecule has 6 heteroatoms. The van der Waals surface area contributed by atoms with Crippen LogP contribution in [0.1, 0.15) is 77.6 Å². The van der Waals surface area contributed by atoms with Crippen molar-refractivity contribution in [2.24, 2.45) is 0 Å². The number of ether oxygens (including phenoxy) is 1. The monoisotopic (exact) mass is 348 g/mol. The van der Waals surface area contributed by atoms with Gasteiger partial charge in [-0.3, -0.25) is 0 Å². The second-order valence-corrected chi connectivity index (χ2v) is 7.04. The smallest absolute Gasteiger partial charge is 0.195 e. The third kappa shape index (κ3) is 6.58. The molecule has 24 heavy (non-hydrogen) atoms. The number of hydrogen-bond acceptors (Lipinski definition) is 6. The third-order valence-electron chi connectivity index (χ3n) is 4.94. The van der Waals surface area contributed by atoms with Crippen molar-refractivity contribution in [3.05, 3.63) is 0 Å². The Balaban J connectivity index is 2.19. The second kappa shape index (κ2) is 11.4. The summed E-state index contributed by atoms with van der Waals surface area (Å²) in [5.41, 5.74) is 0. The van der Waals surface area contributed by atoms with Gasteiger partial charge in [0.2, 0.25) is 0 Å². The first-order valence-corrected chi connectivity index (χ1v) is 9.51. The molecule has 0 aromatic heterocycles. The Hall–Kier alpha value is -0.240. The fourth-order valence-corrected chi connectivity index (χ4v) is 3.29. The summed E-state index contributed by atoms with van der Waals surface area (Å²) in [5.74, 6) is -1.91. The Kier molecular flexibility index (Phi) is 10.3. The molecule has 1 aliphatic rings. The topological polar surface area (TPSA) is 110 Å². The molecule has 0 aromatic rings. The lowest BCUT2D eigenvalue weighted by atomic mass is 9.89. The van der Waals surface area contributed by atoms with Crippen LogP contribution in [0.3, 0.4) is 0 Å². The minimum absolute atomic E-state index is 0.172. The minimum atomic E-state index is -1.91. The first kappa shape index (κ1) is 21.8. The maximum atomic E-state index is 10.4. The van der Waals surface area contributed by atoms with E-state index in [4.69, 9.17) is 9.84 Å². The summed E-state index contributed by atoms with van der Waals surface area (Å²) >= 11 is 0. The van der Waals surface area contributed by atoms with Crippen LogP contribution in [0.2, 0.25) is 0 Å². The SMILES string of the molecule is CCCCCCCCCCCC[C@@]1(O)O[C@H](CO)[C@@H](O)[C@H](O)[C@H]1O. The molecule has 0 spiro atoms. The largest absolute Gasteiger partial charge is 0.394 e. The molecule has 0 saturated carbocycles. The van der Waals surface area contributed by atoms with E-state index in [2.05, 4.69) is 6.92 Å². The predicted octanol–water partition coefficient (Wildman–Crippen LogP) is 1.46. The van der Waals surface area contributed by atoms with Crippen molar-refractivity contribution in [2.45, 2.75) is 108 Å². The van der Waals surface area contributed by atoms with Gasteiger partial charge in [-0.2, -0.15) is 0 Å². The average molecular weight is 348 g/mol. The molecule has 0 radical (unpaired) electrons. The molecule has 0 unspecified atom stereocenters. The predicted molar refractivity (Wildman–Crippen MR) is 91.4 cm³/mol. The molecule has 5 N–H and O–H groups in total. The van der Waals surface area contributed by atoms with Gasteiger partial charge in [0.05, 0.1) is 6.61 Å². The molecule has 144 valence electrons. The fraction of sp³-hybridized carbons (Fsp3) is 1.00. The van der Waals surface area contributed by atoms with Crippen molar-refractivity contribution >= 4 is 0 Å². The minimum Gasteiger partial charge on any atom is -0.394 e. The molecule has 1 fully saturated rings. The van der Waals surface area contributed by atoms with Crippen molar-refractivity contribution in [3.63, 3.8) is 0 Å². The summed E-state index contributed by atoms with van der Waals surface area (Å²) in [4.78, 5) is 0. The van der Waals surface area contributed by atoms with Gasteiger partial charge in [0.1, 0.15) is 24.4 Å². The van der Waals surface area contributed by atoms with Gasteiger partial charge in [-0.1, -0.05) is 64.7 Å². The third-order valence-corrected chi connectivity index (χ3v) is 4.94. The molecule has 1 rings (SSSR count). The Morgan fingerprint density at radius 3 is 1.79 bits per heavy atom. The maximum absolute atomic E-state index is 10.4. The van der Waals surface area contributed by atoms with E-state index in [1.807, 2.05) is 0 Å². The average Bonchev–Trinajstić information content (AvgIpc) is 2.58. The van der Waals surface area contributed by atoms with E-state index in [0.29, 0.717) is 6.42 Å². The summed E-state index contributed by atoms with van der Waals surface area (Å²) in [6.45, 7) is 1.69. The van der Waals surface area contributed by atoms with Crippen molar-refractivity contribution in [2.75, 3.05) is 6.61 Å². The van der Waals surface area contributed by atoms with Crippen LogP contribution in [-0.4, -0.2) is 62.3 Å². The van der Waals surface area contributed by atoms with Crippen LogP contribution in [0, 0.1) is 0 Å². The van der Waals surface area contributed by atoms with E-state index < -0.39 is 36.8 Å². The van der Waals surface area contributed by atoms with Gasteiger partial charge in [-0.15, -0.1) is 0 Å². The lowest BCUT2D eigenvalue weighted by Crippen LogP contribution is -2.65. The number of unbranched alkanes of at least 4 members (excludes halogenated alkanes) is 9. The van der Waals surface area contributed by atoms with Crippen LogP contribution in [0.25, 0.3) is 0 Å². The van der Waals surface area contributed by atoms with Crippen LogP contribution in [0.4, 0.5) is 0 Å². The van der Waals surface area contributed by atoms with E-state index in [0.717, 1.165) is 19.3 Å². The highest BCUT2D eigenvalue weighted by atomic mass is 16.7. The molecule has 1 aliphatic heterocycles. The molecule has 0 aliphatic carbocycles. The number of aliphatic hydroxyl groups is 5. The van der Waals surface area contributed by atoms with E-state index in [1.54, 1.807) is 0 Å². The molecular formula is C18H36O6. The van der Waals surface area contributed by atoms with Gasteiger partial charge >= 0.3 is 0 Å². The van der Waals surface area contributed by atoms with Crippen molar-refractivity contribution in [1.29, 1.82) is 0 Å². The van der Waals surface area contributed by atoms with E-state index >= 15 is 0 Å². The lowest BCUT2D eigenvalue weighted by Gasteiger charge is -2.45. The molecule has 5 atom stereocenters. The zero-order valence-electron chi connectivity index (χ0n) is 14.9. The first-order chi connectivity index (χ1) is 11.5. The molecule has 0 bridgehead atoms. The Morgan fingerprint density at radius 2 is 1.29 bits per heavy atom. The fourth-order valence-electron chi connectivity index (χ4n) is 3.29. The number of hydrogen-bond donors (Lipinski definition) is 5. The van der Waals surface area contributed by atoms with Crippen LogP contribution in [0.15, 0.2) is 0 Å². The number of aliphatic hydroxyl groups excluding tert-OH is 4. The van der Waals surface area contributed by atoms with Crippen LogP contribution < -0.4 is 0 Å². The van der Waals surface area contributed by atoms with Gasteiger partial charge in [-0.05, 0) is 6.42 Å². The summed E-state index contributed by atoms with van der Waals surface area (Å²) in [5, 5.41) is 49.0. The lowest BCUT2D eigenvalue weighted by molar-refractivity contribution is -0.351. The van der Waals surface area contributed by atoms with Gasteiger partial charge in [-0.25, -0.2) is 0 Å². The Labute approximate surface area is 145 Å². The molecule has 6 nitrogen and oxygen atoms in total. The highest BCUT2D eigenvalue weighted by molar-refractivity contribution is 4.95. The zero-order chi connectivity index (χ0) is 18.0. The van der Waals surface area contributed by atoms with Crippen molar-refractivity contribution < 1.29 is 30.3 Å². The summed E-state index contributed by atoms with van der Waals surface area (Å²) < 4.78 is 5.25. The molecule has 0 aromatic carbocycles. The molecular weight excluding hydrogens is 312 g/mol. The van der Waals surface area contributed by atoms with Crippen LogP contribution >= 0.6 is 0 Å². The standard InChI is InChI=1S/C18H36O6/c1-2-3-4-5-6-7-8-9-10-11-12-18(23)17(22)16(21)15(20)14(13-19)24-18/h14-17,19-23H,2-13H2,1H3/t14-,15-,16+,17-,18-/m1/s1. The van der Waals surface area contributed by atoms with E-state index in [-0.39, 0.29) is 6.42 Å². The summed E-state index contributed by atoms with van der Waals surface area (Å²) in [6, 6.07) is 0. The highest BCUT2D eigenvalue weighted by Gasteiger charge is 2.51. The number of rotatable bonds is 12. The van der Waals surface area contributed by atoms with Crippen molar-refractivity contribution in [1.82, 2.24) is 0 Å². The molecule has 1 saturated heterocycles. The Morgan fingerprint density at radius 1 is 0.792 bits per heavy atom. The second-order valence-electron chi connectivity index (χ2n) is 7.04. The highest BCUT2D eigenvalue weighted by Crippen LogP contribution is 2.32. The van der Waals surface area contributed by atoms with E-state index in [9.17, 15) is 20.4 Å². The molecule has 1 heterocycles. The first-order valence-electron chi connectivity index (χ1n) is 9.51. The summed E-state index contributed by atoms with van der Waals surface area (Å²) in [6.07, 6.45) is 6.07. The summed E-state index contributed by atoms with van der Waals surface area (Å²) in [7, 11) is 0. The quantitative estimate of drug-likeness (QED) is 0.342. The molecule has 0 amide bonds. The zero-order valence-corrected chi connectivity index (χ0v) is 14.9. The van der Waals surface area contributed by atoms with E-state index in [1.165, 1.54) is 38.5 Å². The van der Waals surface area contributed by atoms with Crippen molar-refractivity contribution in [3.8, 4) is 0 Å². The van der Waals surface area contributed by atoms with Gasteiger partial charge in [0.15, 0.2) is 5.79 Å². The van der Waals surface area contributed by atoms with Gasteiger partial charge in [0, 0.05) is 6.42 Å². The Bertz CT molecular complexity index is 325. The van der Waals surface area contributed by atoms with Gasteiger partial charge in [0.25, 0.3) is 0 Å².